The van der Waals surface area contributed by atoms with Gasteiger partial charge in [0.25, 0.3) is 10.0 Å². The molecule has 10 heteroatoms. The van der Waals surface area contributed by atoms with E-state index in [1.165, 1.54) is 27.0 Å². The molecule has 5 rings (SSSR count). The van der Waals surface area contributed by atoms with E-state index in [1.54, 1.807) is 28.6 Å². The molecule has 0 bridgehead atoms. The molecule has 176 valence electrons. The summed E-state index contributed by atoms with van der Waals surface area (Å²) in [7, 11) is -3.74. The summed E-state index contributed by atoms with van der Waals surface area (Å²) < 4.78 is 29.2. The van der Waals surface area contributed by atoms with Crippen LogP contribution in [0.2, 0.25) is 0 Å². The summed E-state index contributed by atoms with van der Waals surface area (Å²) in [4.78, 5) is 24.8. The number of nitrogens with zero attached hydrogens (tertiary/aromatic N) is 4. The molecule has 0 spiro atoms. The maximum absolute atomic E-state index is 14.0. The van der Waals surface area contributed by atoms with Crippen molar-refractivity contribution in [3.8, 4) is 0 Å². The Balaban J connectivity index is 1.56. The van der Waals surface area contributed by atoms with E-state index in [0.29, 0.717) is 30.2 Å². The Morgan fingerprint density at radius 1 is 1.15 bits per heavy atom. The molecule has 3 aromatic heterocycles. The first kappa shape index (κ1) is 23.1. The first-order valence-corrected chi connectivity index (χ1v) is 14.1. The minimum Gasteiger partial charge on any atom is -0.281 e. The Morgan fingerprint density at radius 2 is 1.97 bits per heavy atom. The largest absolute Gasteiger partial charge is 0.281 e. The van der Waals surface area contributed by atoms with Gasteiger partial charge in [0.1, 0.15) is 10.3 Å². The zero-order valence-corrected chi connectivity index (χ0v) is 21.3. The van der Waals surface area contributed by atoms with E-state index in [9.17, 15) is 13.2 Å². The van der Waals surface area contributed by atoms with Crippen molar-refractivity contribution in [2.45, 2.75) is 43.5 Å². The Kier molecular flexibility index (Phi) is 6.24. The number of benzene rings is 1. The van der Waals surface area contributed by atoms with Crippen molar-refractivity contribution in [3.05, 3.63) is 70.9 Å². The van der Waals surface area contributed by atoms with Crippen molar-refractivity contribution in [2.24, 2.45) is 0 Å². The van der Waals surface area contributed by atoms with Crippen molar-refractivity contribution in [2.75, 3.05) is 11.4 Å². The molecule has 0 N–H and O–H groups in total. The highest BCUT2D eigenvalue weighted by Gasteiger charge is 2.42. The molecule has 0 unspecified atom stereocenters. The molecular formula is C24H24N4O3S3. The lowest BCUT2D eigenvalue weighted by Gasteiger charge is -2.28. The first-order valence-electron chi connectivity index (χ1n) is 11.0. The fourth-order valence-corrected chi connectivity index (χ4v) is 8.12. The molecular weight excluding hydrogens is 488 g/mol. The molecule has 1 aliphatic heterocycles. The van der Waals surface area contributed by atoms with Crippen LogP contribution in [0.3, 0.4) is 0 Å². The van der Waals surface area contributed by atoms with Gasteiger partial charge in [-0.2, -0.15) is 4.31 Å². The smallest absolute Gasteiger partial charge is 0.253 e. The predicted octanol–water partition coefficient (Wildman–Crippen LogP) is 4.76. The van der Waals surface area contributed by atoms with E-state index in [1.807, 2.05) is 38.1 Å². The molecule has 4 heterocycles. The van der Waals surface area contributed by atoms with Crippen molar-refractivity contribution < 1.29 is 13.2 Å². The van der Waals surface area contributed by atoms with Crippen LogP contribution in [0.5, 0.6) is 0 Å². The molecule has 0 saturated carbocycles. The third-order valence-corrected chi connectivity index (χ3v) is 10.5. The number of hydrogen-bond acceptors (Lipinski definition) is 7. The number of fused-ring (bicyclic) bond motifs is 1. The maximum atomic E-state index is 14.0. The second-order valence-corrected chi connectivity index (χ2v) is 12.4. The molecule has 1 atom stereocenters. The minimum atomic E-state index is -3.74. The average Bonchev–Trinajstić information content (AvgIpc) is 3.61. The van der Waals surface area contributed by atoms with E-state index in [4.69, 9.17) is 4.98 Å². The highest BCUT2D eigenvalue weighted by Crippen LogP contribution is 2.36. The van der Waals surface area contributed by atoms with Gasteiger partial charge < -0.3 is 0 Å². The van der Waals surface area contributed by atoms with Gasteiger partial charge in [0.05, 0.1) is 22.5 Å². The van der Waals surface area contributed by atoms with Crippen molar-refractivity contribution >= 4 is 54.0 Å². The van der Waals surface area contributed by atoms with Gasteiger partial charge in [-0.25, -0.2) is 13.4 Å². The monoisotopic (exact) mass is 512 g/mol. The summed E-state index contributed by atoms with van der Waals surface area (Å²) in [5.41, 5.74) is 3.72. The van der Waals surface area contributed by atoms with E-state index < -0.39 is 16.1 Å². The summed E-state index contributed by atoms with van der Waals surface area (Å²) in [5.74, 6) is -0.266. The molecule has 1 aliphatic rings. The van der Waals surface area contributed by atoms with Gasteiger partial charge in [0.15, 0.2) is 5.13 Å². The van der Waals surface area contributed by atoms with E-state index in [-0.39, 0.29) is 16.7 Å². The first-order chi connectivity index (χ1) is 16.4. The number of carbonyl (C=O) groups excluding carboxylic acids is 1. The van der Waals surface area contributed by atoms with Crippen LogP contribution in [0.4, 0.5) is 5.13 Å². The fourth-order valence-electron chi connectivity index (χ4n) is 4.24. The van der Waals surface area contributed by atoms with Gasteiger partial charge in [0, 0.05) is 12.7 Å². The fraction of sp³-hybridized carbons (Fsp3) is 0.292. The third-order valence-electron chi connectivity index (χ3n) is 6.02. The zero-order valence-electron chi connectivity index (χ0n) is 18.8. The number of rotatable bonds is 6. The van der Waals surface area contributed by atoms with Gasteiger partial charge in [0.2, 0.25) is 5.91 Å². The van der Waals surface area contributed by atoms with Crippen LogP contribution in [0.25, 0.3) is 10.2 Å². The Bertz CT molecular complexity index is 1390. The van der Waals surface area contributed by atoms with Crippen LogP contribution >= 0.6 is 22.7 Å². The molecule has 1 aromatic carbocycles. The Labute approximate surface area is 206 Å². The van der Waals surface area contributed by atoms with E-state index >= 15 is 0 Å². The number of amides is 1. The topological polar surface area (TPSA) is 83.5 Å². The summed E-state index contributed by atoms with van der Waals surface area (Å²) in [6.07, 6.45) is 2.80. The minimum absolute atomic E-state index is 0.223. The van der Waals surface area contributed by atoms with Crippen LogP contribution in [0, 0.1) is 13.8 Å². The molecule has 1 saturated heterocycles. The van der Waals surface area contributed by atoms with Crippen LogP contribution in [0.15, 0.2) is 58.3 Å². The molecule has 1 amide bonds. The number of aryl methyl sites for hydroxylation is 2. The van der Waals surface area contributed by atoms with Gasteiger partial charge in [-0.05, 0) is 61.4 Å². The van der Waals surface area contributed by atoms with Crippen LogP contribution in [-0.2, 0) is 21.4 Å². The number of carbonyl (C=O) groups is 1. The highest BCUT2D eigenvalue weighted by atomic mass is 32.2. The molecule has 4 aromatic rings. The average molecular weight is 513 g/mol. The summed E-state index contributed by atoms with van der Waals surface area (Å²) in [6, 6.07) is 12.2. The lowest BCUT2D eigenvalue weighted by molar-refractivity contribution is -0.121. The lowest BCUT2D eigenvalue weighted by Crippen LogP contribution is -2.47. The second-order valence-electron chi connectivity index (χ2n) is 8.32. The number of sulfonamides is 1. The standard InChI is InChI=1S/C24H24N4O3S3/c1-16-10-11-17(2)22-21(16)26-24(33-22)27(15-18-7-3-4-12-25-18)23(29)19-8-5-13-28(19)34(30,31)20-9-6-14-32-20/h3-4,6-7,9-12,14,19H,5,8,13,15H2,1-2H3/t19-/m0/s1. The number of thiophene rings is 1. The molecule has 1 fully saturated rings. The third kappa shape index (κ3) is 4.15. The number of pyridine rings is 1. The van der Waals surface area contributed by atoms with Gasteiger partial charge in [-0.15, -0.1) is 11.3 Å². The van der Waals surface area contributed by atoms with Gasteiger partial charge in [-0.3, -0.25) is 14.7 Å². The van der Waals surface area contributed by atoms with Crippen LogP contribution in [0.1, 0.15) is 29.7 Å². The van der Waals surface area contributed by atoms with Gasteiger partial charge in [-0.1, -0.05) is 35.6 Å². The van der Waals surface area contributed by atoms with Crippen LogP contribution < -0.4 is 4.90 Å². The summed E-state index contributed by atoms with van der Waals surface area (Å²) in [5, 5.41) is 2.29. The van der Waals surface area contributed by atoms with Crippen molar-refractivity contribution in [1.82, 2.24) is 14.3 Å². The molecule has 0 radical (unpaired) electrons. The maximum Gasteiger partial charge on any atom is 0.253 e. The quantitative estimate of drug-likeness (QED) is 0.372. The molecule has 0 aliphatic carbocycles. The van der Waals surface area contributed by atoms with Crippen molar-refractivity contribution in [1.29, 1.82) is 0 Å². The predicted molar refractivity (Wildman–Crippen MR) is 136 cm³/mol. The number of hydrogen-bond donors (Lipinski definition) is 0. The number of anilines is 1. The van der Waals surface area contributed by atoms with E-state index in [0.717, 1.165) is 21.3 Å². The molecule has 34 heavy (non-hydrogen) atoms. The summed E-state index contributed by atoms with van der Waals surface area (Å²) in [6.45, 7) is 4.58. The highest BCUT2D eigenvalue weighted by molar-refractivity contribution is 7.91. The van der Waals surface area contributed by atoms with E-state index in [2.05, 4.69) is 11.1 Å². The SMILES string of the molecule is Cc1ccc(C)c2sc(N(Cc3ccccn3)C(=O)[C@@H]3CCCN3S(=O)(=O)c3cccs3)nc12. The van der Waals surface area contributed by atoms with Crippen molar-refractivity contribution in [3.63, 3.8) is 0 Å². The van der Waals surface area contributed by atoms with Gasteiger partial charge >= 0.3 is 0 Å². The lowest BCUT2D eigenvalue weighted by atomic mass is 10.1. The second kappa shape index (κ2) is 9.18. The Hall–Kier alpha value is -2.66. The number of aromatic nitrogens is 2. The summed E-state index contributed by atoms with van der Waals surface area (Å²) >= 11 is 2.63. The zero-order chi connectivity index (χ0) is 23.9. The Morgan fingerprint density at radius 3 is 2.68 bits per heavy atom. The van der Waals surface area contributed by atoms with Crippen LogP contribution in [-0.4, -0.2) is 41.2 Å². The number of thiazole rings is 1. The normalized spacial score (nSPS) is 16.8. The molecule has 7 nitrogen and oxygen atoms in total.